The molecule has 0 saturated heterocycles. The zero-order chi connectivity index (χ0) is 14.3. The molecule has 0 aromatic carbocycles. The molecule has 0 unspecified atom stereocenters. The molecule has 20 heavy (non-hydrogen) atoms. The quantitative estimate of drug-likeness (QED) is 0.459. The van der Waals surface area contributed by atoms with Crippen molar-refractivity contribution in [3.05, 3.63) is 0 Å². The SMILES string of the molecule is [O]N=C1CCCCCCCCCCCCCCCCC1. The Morgan fingerprint density at radius 3 is 0.950 bits per heavy atom. The van der Waals surface area contributed by atoms with E-state index < -0.39 is 0 Å². The van der Waals surface area contributed by atoms with Gasteiger partial charge in [-0.3, -0.25) is 0 Å². The summed E-state index contributed by atoms with van der Waals surface area (Å²) in [7, 11) is 0. The lowest BCUT2D eigenvalue weighted by atomic mass is 10.0. The molecule has 1 saturated carbocycles. The Morgan fingerprint density at radius 1 is 0.450 bits per heavy atom. The molecule has 0 aromatic heterocycles. The van der Waals surface area contributed by atoms with E-state index in [0.29, 0.717) is 0 Å². The van der Waals surface area contributed by atoms with Gasteiger partial charge in [0.15, 0.2) is 0 Å². The maximum absolute atomic E-state index is 10.8. The molecule has 0 aromatic rings. The molecule has 2 nitrogen and oxygen atoms in total. The van der Waals surface area contributed by atoms with E-state index in [2.05, 4.69) is 5.16 Å². The summed E-state index contributed by atoms with van der Waals surface area (Å²) in [4.78, 5) is 0. The standard InChI is InChI=1S/C18H34NO/c20-19-18-16-14-12-10-8-6-4-2-1-3-5-7-9-11-13-15-17-18/h1-17H2. The average Bonchev–Trinajstić information content (AvgIpc) is 2.47. The second-order valence-corrected chi connectivity index (χ2v) is 6.46. The van der Waals surface area contributed by atoms with Crippen LogP contribution in [0.4, 0.5) is 0 Å². The fourth-order valence-corrected chi connectivity index (χ4v) is 3.17. The van der Waals surface area contributed by atoms with E-state index in [4.69, 9.17) is 0 Å². The van der Waals surface area contributed by atoms with Gasteiger partial charge < -0.3 is 0 Å². The third-order valence-corrected chi connectivity index (χ3v) is 4.56. The van der Waals surface area contributed by atoms with Gasteiger partial charge in [0, 0.05) is 0 Å². The van der Waals surface area contributed by atoms with Crippen LogP contribution in [-0.2, 0) is 5.21 Å². The molecule has 1 aliphatic carbocycles. The molecular formula is C18H34NO. The summed E-state index contributed by atoms with van der Waals surface area (Å²) in [6.45, 7) is 0. The molecular weight excluding hydrogens is 246 g/mol. The van der Waals surface area contributed by atoms with Crippen LogP contribution in [0.5, 0.6) is 0 Å². The molecule has 0 heterocycles. The molecule has 0 bridgehead atoms. The summed E-state index contributed by atoms with van der Waals surface area (Å²) >= 11 is 0. The molecule has 0 aliphatic heterocycles. The summed E-state index contributed by atoms with van der Waals surface area (Å²) in [6.07, 6.45) is 22.2. The Hall–Kier alpha value is -0.530. The molecule has 0 N–H and O–H groups in total. The maximum atomic E-state index is 10.8. The first kappa shape index (κ1) is 17.5. The van der Waals surface area contributed by atoms with Crippen molar-refractivity contribution in [3.63, 3.8) is 0 Å². The van der Waals surface area contributed by atoms with Crippen LogP contribution in [0.15, 0.2) is 5.16 Å². The minimum absolute atomic E-state index is 0.922. The summed E-state index contributed by atoms with van der Waals surface area (Å²) in [5.74, 6) is 0. The fourth-order valence-electron chi connectivity index (χ4n) is 3.17. The van der Waals surface area contributed by atoms with Crippen LogP contribution in [0.3, 0.4) is 0 Å². The van der Waals surface area contributed by atoms with E-state index in [0.717, 1.165) is 18.6 Å². The molecule has 1 aliphatic rings. The number of nitrogens with zero attached hydrogens (tertiary/aromatic N) is 1. The van der Waals surface area contributed by atoms with E-state index in [1.807, 2.05) is 0 Å². The van der Waals surface area contributed by atoms with Gasteiger partial charge in [-0.25, -0.2) is 0 Å². The average molecular weight is 280 g/mol. The predicted octanol–water partition coefficient (Wildman–Crippen LogP) is 6.42. The number of hydrogen-bond acceptors (Lipinski definition) is 1. The van der Waals surface area contributed by atoms with Crippen LogP contribution in [0.1, 0.15) is 109 Å². The van der Waals surface area contributed by atoms with Crippen LogP contribution in [0, 0.1) is 0 Å². The van der Waals surface area contributed by atoms with E-state index in [9.17, 15) is 5.21 Å². The van der Waals surface area contributed by atoms with Crippen molar-refractivity contribution < 1.29 is 5.21 Å². The van der Waals surface area contributed by atoms with Crippen LogP contribution in [0.2, 0.25) is 0 Å². The van der Waals surface area contributed by atoms with E-state index in [1.54, 1.807) is 0 Å². The van der Waals surface area contributed by atoms with Crippen molar-refractivity contribution in [1.29, 1.82) is 0 Å². The van der Waals surface area contributed by atoms with Crippen LogP contribution >= 0.6 is 0 Å². The smallest absolute Gasteiger partial charge is 0.0624 e. The molecule has 0 amide bonds. The largest absolute Gasteiger partial charge is 0.145 e. The highest BCUT2D eigenvalue weighted by Gasteiger charge is 2.02. The molecule has 0 atom stereocenters. The minimum Gasteiger partial charge on any atom is -0.145 e. The summed E-state index contributed by atoms with van der Waals surface area (Å²) < 4.78 is 0. The van der Waals surface area contributed by atoms with E-state index >= 15 is 0 Å². The normalized spacial score (nSPS) is 22.7. The van der Waals surface area contributed by atoms with Gasteiger partial charge >= 0.3 is 0 Å². The fraction of sp³-hybridized carbons (Fsp3) is 0.944. The van der Waals surface area contributed by atoms with Crippen molar-refractivity contribution in [2.45, 2.75) is 109 Å². The molecule has 1 fully saturated rings. The number of rotatable bonds is 0. The lowest BCUT2D eigenvalue weighted by molar-refractivity contribution is 0.207. The lowest BCUT2D eigenvalue weighted by Crippen LogP contribution is -1.98. The minimum atomic E-state index is 0.922. The third-order valence-electron chi connectivity index (χ3n) is 4.56. The van der Waals surface area contributed by atoms with E-state index in [-0.39, 0.29) is 0 Å². The Morgan fingerprint density at radius 2 is 0.700 bits per heavy atom. The first-order chi connectivity index (χ1) is 9.93. The van der Waals surface area contributed by atoms with Crippen molar-refractivity contribution in [3.8, 4) is 0 Å². The summed E-state index contributed by atoms with van der Waals surface area (Å²) in [6, 6.07) is 0. The van der Waals surface area contributed by atoms with Crippen LogP contribution < -0.4 is 0 Å². The first-order valence-electron chi connectivity index (χ1n) is 9.11. The highest BCUT2D eigenvalue weighted by atomic mass is 16.4. The Kier molecular flexibility index (Phi) is 11.8. The molecule has 0 spiro atoms. The second-order valence-electron chi connectivity index (χ2n) is 6.46. The van der Waals surface area contributed by atoms with Crippen molar-refractivity contribution >= 4 is 5.71 Å². The number of hydrogen-bond donors (Lipinski definition) is 0. The maximum Gasteiger partial charge on any atom is 0.0624 e. The summed E-state index contributed by atoms with van der Waals surface area (Å²) in [5.41, 5.74) is 0.922. The zero-order valence-electron chi connectivity index (χ0n) is 13.4. The second kappa shape index (κ2) is 13.5. The van der Waals surface area contributed by atoms with Gasteiger partial charge in [0.2, 0.25) is 0 Å². The molecule has 1 radical (unpaired) electrons. The van der Waals surface area contributed by atoms with Gasteiger partial charge in [0.05, 0.1) is 5.71 Å². The first-order valence-corrected chi connectivity index (χ1v) is 9.11. The van der Waals surface area contributed by atoms with Gasteiger partial charge in [-0.2, -0.15) is 0 Å². The van der Waals surface area contributed by atoms with Crippen molar-refractivity contribution in [1.82, 2.24) is 0 Å². The van der Waals surface area contributed by atoms with E-state index in [1.165, 1.54) is 96.3 Å². The highest BCUT2D eigenvalue weighted by Crippen LogP contribution is 2.16. The predicted molar refractivity (Wildman–Crippen MR) is 86.6 cm³/mol. The summed E-state index contributed by atoms with van der Waals surface area (Å²) in [5, 5.41) is 14.0. The van der Waals surface area contributed by atoms with Crippen LogP contribution in [-0.4, -0.2) is 5.71 Å². The molecule has 2 heteroatoms. The van der Waals surface area contributed by atoms with Gasteiger partial charge in [-0.1, -0.05) is 83.5 Å². The van der Waals surface area contributed by atoms with Gasteiger partial charge in [-0.15, -0.1) is 5.21 Å². The van der Waals surface area contributed by atoms with Crippen LogP contribution in [0.25, 0.3) is 0 Å². The Balaban J connectivity index is 2.18. The topological polar surface area (TPSA) is 32.3 Å². The van der Waals surface area contributed by atoms with Gasteiger partial charge in [-0.05, 0) is 30.8 Å². The van der Waals surface area contributed by atoms with Crippen molar-refractivity contribution in [2.75, 3.05) is 0 Å². The monoisotopic (exact) mass is 280 g/mol. The van der Waals surface area contributed by atoms with Gasteiger partial charge in [0.25, 0.3) is 0 Å². The Labute approximate surface area is 126 Å². The molecule has 1 rings (SSSR count). The zero-order valence-corrected chi connectivity index (χ0v) is 13.4. The highest BCUT2D eigenvalue weighted by molar-refractivity contribution is 5.83. The van der Waals surface area contributed by atoms with Gasteiger partial charge in [0.1, 0.15) is 0 Å². The lowest BCUT2D eigenvalue weighted by Gasteiger charge is -2.06. The molecule has 117 valence electrons. The van der Waals surface area contributed by atoms with Crippen molar-refractivity contribution in [2.24, 2.45) is 5.16 Å². The third kappa shape index (κ3) is 10.3. The Bertz CT molecular complexity index is 218.